The van der Waals surface area contributed by atoms with E-state index in [0.29, 0.717) is 0 Å². The van der Waals surface area contributed by atoms with Crippen LogP contribution in [0.25, 0.3) is 0 Å². The van der Waals surface area contributed by atoms with Gasteiger partial charge < -0.3 is 10.2 Å². The summed E-state index contributed by atoms with van der Waals surface area (Å²) in [5.74, 6) is 0. The molecule has 40 valence electrons. The van der Waals surface area contributed by atoms with Gasteiger partial charge in [-0.25, -0.2) is 0 Å². The molecule has 0 fully saturated rings. The van der Waals surface area contributed by atoms with Crippen LogP contribution in [0.15, 0.2) is 10.2 Å². The fourth-order valence-electron chi connectivity index (χ4n) is 0.265. The van der Waals surface area contributed by atoms with Gasteiger partial charge in [-0.05, 0) is 0 Å². The van der Waals surface area contributed by atoms with Crippen LogP contribution in [0.2, 0.25) is 0 Å². The highest BCUT2D eigenvalue weighted by Crippen LogP contribution is 2.35. The summed E-state index contributed by atoms with van der Waals surface area (Å²) in [6.07, 6.45) is 0. The van der Waals surface area contributed by atoms with Gasteiger partial charge in [0, 0.05) is 0 Å². The summed E-state index contributed by atoms with van der Waals surface area (Å²) in [6, 6.07) is 0. The van der Waals surface area contributed by atoms with Crippen molar-refractivity contribution in [2.75, 3.05) is 5.08 Å². The van der Waals surface area contributed by atoms with E-state index >= 15 is 0 Å². The average molecular weight is 136 g/mol. The second-order valence-corrected chi connectivity index (χ2v) is 3.31. The zero-order chi connectivity index (χ0) is 5.28. The lowest BCUT2D eigenvalue weighted by Crippen LogP contribution is -1.69. The molecule has 0 radical (unpaired) electrons. The summed E-state index contributed by atoms with van der Waals surface area (Å²) >= 11 is 2.51. The van der Waals surface area contributed by atoms with Crippen molar-refractivity contribution in [3.05, 3.63) is 10.2 Å². The fraction of sp³-hybridized carbons (Fsp3) is 0.333. The maximum Gasteiger partial charge on any atom is 0.200 e. The Labute approximate surface area is 49.6 Å². The summed E-state index contributed by atoms with van der Waals surface area (Å²) in [6.45, 7) is 0. The molecule has 0 amide bonds. The molecule has 0 unspecified atom stereocenters. The summed E-state index contributed by atoms with van der Waals surface area (Å²) in [4.78, 5) is 0. The topological polar surface area (TPSA) is 40.5 Å². The fourth-order valence-corrected chi connectivity index (χ4v) is 1.99. The Balaban J connectivity index is 2.64. The minimum Gasteiger partial charge on any atom is -0.499 e. The molecule has 0 aromatic carbocycles. The van der Waals surface area contributed by atoms with Crippen LogP contribution in [0.3, 0.4) is 0 Å². The summed E-state index contributed by atoms with van der Waals surface area (Å²) in [5.41, 5.74) is 0. The van der Waals surface area contributed by atoms with Crippen molar-refractivity contribution in [1.29, 1.82) is 0 Å². The monoisotopic (exact) mass is 136 g/mol. The molecule has 4 heteroatoms. The zero-order valence-electron chi connectivity index (χ0n) is 3.42. The van der Waals surface area contributed by atoms with Crippen LogP contribution in [0, 0.1) is 0 Å². The Bertz CT molecular complexity index is 97.5. The molecule has 0 atom stereocenters. The van der Waals surface area contributed by atoms with Crippen LogP contribution in [0.5, 0.6) is 0 Å². The van der Waals surface area contributed by atoms with Crippen LogP contribution < -0.4 is 0 Å². The highest BCUT2D eigenvalue weighted by molar-refractivity contribution is 8.22. The lowest BCUT2D eigenvalue weighted by Gasteiger charge is -1.83. The number of hydrogen-bond donors (Lipinski definition) is 2. The van der Waals surface area contributed by atoms with Crippen molar-refractivity contribution < 1.29 is 10.2 Å². The van der Waals surface area contributed by atoms with Gasteiger partial charge in [0.15, 0.2) is 0 Å². The van der Waals surface area contributed by atoms with Gasteiger partial charge in [0.25, 0.3) is 0 Å². The van der Waals surface area contributed by atoms with Crippen LogP contribution in [-0.2, 0) is 0 Å². The Morgan fingerprint density at radius 1 is 1.14 bits per heavy atom. The lowest BCUT2D eigenvalue weighted by molar-refractivity contribution is 0.385. The molecule has 1 rings (SSSR count). The lowest BCUT2D eigenvalue weighted by atomic mass is 11.1. The van der Waals surface area contributed by atoms with E-state index in [2.05, 4.69) is 0 Å². The normalized spacial score (nSPS) is 21.1. The van der Waals surface area contributed by atoms with E-state index in [4.69, 9.17) is 10.2 Å². The molecule has 1 aliphatic heterocycles. The van der Waals surface area contributed by atoms with Gasteiger partial charge in [0.1, 0.15) is 0 Å². The molecule has 0 saturated heterocycles. The summed E-state index contributed by atoms with van der Waals surface area (Å²) in [5, 5.41) is 18.0. The molecule has 0 aromatic heterocycles. The zero-order valence-corrected chi connectivity index (χ0v) is 5.05. The van der Waals surface area contributed by atoms with E-state index in [1.165, 1.54) is 23.5 Å². The molecule has 2 N–H and O–H groups in total. The van der Waals surface area contributed by atoms with E-state index < -0.39 is 0 Å². The Morgan fingerprint density at radius 3 is 1.71 bits per heavy atom. The van der Waals surface area contributed by atoms with Crippen molar-refractivity contribution in [3.63, 3.8) is 0 Å². The third-order valence-electron chi connectivity index (χ3n) is 0.574. The van der Waals surface area contributed by atoms with Crippen molar-refractivity contribution >= 4 is 23.5 Å². The first-order chi connectivity index (χ1) is 3.30. The van der Waals surface area contributed by atoms with Crippen LogP contribution in [0.1, 0.15) is 0 Å². The number of aliphatic hydroxyl groups excluding tert-OH is 2. The molecule has 0 spiro atoms. The van der Waals surface area contributed by atoms with E-state index in [-0.39, 0.29) is 10.2 Å². The first kappa shape index (κ1) is 5.18. The van der Waals surface area contributed by atoms with E-state index in [1.807, 2.05) is 0 Å². The highest BCUT2D eigenvalue weighted by atomic mass is 32.2. The Hall–Kier alpha value is 0.0400. The third-order valence-corrected chi connectivity index (χ3v) is 2.58. The predicted octanol–water partition coefficient (Wildman–Crippen LogP) is 1.67. The first-order valence-corrected chi connectivity index (χ1v) is 3.65. The van der Waals surface area contributed by atoms with E-state index in [0.717, 1.165) is 5.08 Å². The minimum absolute atomic E-state index is 0.0602. The molecular formula is C3H4O2S2. The van der Waals surface area contributed by atoms with Crippen LogP contribution in [0.4, 0.5) is 0 Å². The molecular weight excluding hydrogens is 132 g/mol. The standard InChI is InChI=1S/C3H4O2S2/c4-2-3(5)7-1-6-2/h4-5H,1H2. The van der Waals surface area contributed by atoms with Gasteiger partial charge in [-0.3, -0.25) is 0 Å². The number of hydrogen-bond acceptors (Lipinski definition) is 4. The van der Waals surface area contributed by atoms with Gasteiger partial charge >= 0.3 is 0 Å². The molecule has 1 aliphatic rings. The SMILES string of the molecule is OC1=C(O)SCS1. The molecule has 2 nitrogen and oxygen atoms in total. The quantitative estimate of drug-likeness (QED) is 0.531. The van der Waals surface area contributed by atoms with Crippen molar-refractivity contribution in [1.82, 2.24) is 0 Å². The van der Waals surface area contributed by atoms with E-state index in [1.54, 1.807) is 0 Å². The van der Waals surface area contributed by atoms with Gasteiger partial charge in [-0.2, -0.15) is 0 Å². The Morgan fingerprint density at radius 2 is 1.57 bits per heavy atom. The molecule has 0 saturated carbocycles. The van der Waals surface area contributed by atoms with Crippen LogP contribution >= 0.6 is 23.5 Å². The third kappa shape index (κ3) is 0.978. The molecule has 0 aromatic rings. The highest BCUT2D eigenvalue weighted by Gasteiger charge is 2.12. The largest absolute Gasteiger partial charge is 0.499 e. The second-order valence-electron chi connectivity index (χ2n) is 1.02. The maximum absolute atomic E-state index is 8.57. The molecule has 7 heavy (non-hydrogen) atoms. The first-order valence-electron chi connectivity index (χ1n) is 1.68. The van der Waals surface area contributed by atoms with Crippen molar-refractivity contribution in [2.24, 2.45) is 0 Å². The number of thioether (sulfide) groups is 2. The second kappa shape index (κ2) is 1.88. The van der Waals surface area contributed by atoms with Gasteiger partial charge in [0.2, 0.25) is 10.2 Å². The average Bonchev–Trinajstić information content (AvgIpc) is 1.91. The number of rotatable bonds is 0. The van der Waals surface area contributed by atoms with E-state index in [9.17, 15) is 0 Å². The Kier molecular flexibility index (Phi) is 1.39. The summed E-state index contributed by atoms with van der Waals surface area (Å²) < 4.78 is 0. The van der Waals surface area contributed by atoms with Gasteiger partial charge in [0.05, 0.1) is 5.08 Å². The van der Waals surface area contributed by atoms with Gasteiger partial charge in [-0.15, -0.1) is 0 Å². The minimum atomic E-state index is 0.0602. The maximum atomic E-state index is 8.57. The summed E-state index contributed by atoms with van der Waals surface area (Å²) in [7, 11) is 0. The smallest absolute Gasteiger partial charge is 0.200 e. The molecule has 0 bridgehead atoms. The molecule has 1 heterocycles. The van der Waals surface area contributed by atoms with Crippen LogP contribution in [-0.4, -0.2) is 15.3 Å². The van der Waals surface area contributed by atoms with Crippen molar-refractivity contribution in [3.8, 4) is 0 Å². The molecule has 0 aliphatic carbocycles. The predicted molar refractivity (Wildman–Crippen MR) is 32.3 cm³/mol. The van der Waals surface area contributed by atoms with Crippen molar-refractivity contribution in [2.45, 2.75) is 0 Å². The van der Waals surface area contributed by atoms with Gasteiger partial charge in [-0.1, -0.05) is 23.5 Å². The number of aliphatic hydroxyl groups is 2.